The second kappa shape index (κ2) is 6.72. The summed E-state index contributed by atoms with van der Waals surface area (Å²) in [5.41, 5.74) is 2.24. The molecular weight excluding hydrogens is 353 g/mol. The summed E-state index contributed by atoms with van der Waals surface area (Å²) in [6.45, 7) is 0.583. The number of carbonyl (C=O) groups is 1. The van der Waals surface area contributed by atoms with E-state index in [1.807, 2.05) is 18.2 Å². The number of nitrogens with zero attached hydrogens (tertiary/aromatic N) is 1. The lowest BCUT2D eigenvalue weighted by molar-refractivity contribution is -0.123. The van der Waals surface area contributed by atoms with Gasteiger partial charge in [-0.15, -0.1) is 0 Å². The fourth-order valence-corrected chi connectivity index (χ4v) is 3.49. The van der Waals surface area contributed by atoms with Crippen molar-refractivity contribution in [2.45, 2.75) is 31.1 Å². The molecule has 1 amide bonds. The number of H-pyrrole nitrogens is 1. The Morgan fingerprint density at radius 2 is 2.00 bits per heavy atom. The zero-order chi connectivity index (χ0) is 18.1. The summed E-state index contributed by atoms with van der Waals surface area (Å²) in [6.07, 6.45) is 3.17. The average Bonchev–Trinajstić information content (AvgIpc) is 3.34. The maximum atomic E-state index is 13.1. The van der Waals surface area contributed by atoms with Gasteiger partial charge in [0.2, 0.25) is 5.91 Å². The first-order valence-corrected chi connectivity index (χ1v) is 9.13. The molecule has 134 valence electrons. The molecule has 0 bridgehead atoms. The molecule has 1 fully saturated rings. The van der Waals surface area contributed by atoms with E-state index in [0.29, 0.717) is 11.6 Å². The minimum absolute atomic E-state index is 0.0282. The van der Waals surface area contributed by atoms with E-state index in [-0.39, 0.29) is 11.7 Å². The molecule has 4 nitrogen and oxygen atoms in total. The first-order chi connectivity index (χ1) is 12.6. The summed E-state index contributed by atoms with van der Waals surface area (Å²) in [5.74, 6) is 0.633. The molecule has 0 spiro atoms. The van der Waals surface area contributed by atoms with Gasteiger partial charge in [-0.1, -0.05) is 23.7 Å². The van der Waals surface area contributed by atoms with Crippen molar-refractivity contribution in [1.29, 1.82) is 0 Å². The highest BCUT2D eigenvalue weighted by Gasteiger charge is 2.50. The molecule has 0 saturated heterocycles. The van der Waals surface area contributed by atoms with Crippen LogP contribution < -0.4 is 5.32 Å². The average molecular weight is 372 g/mol. The molecule has 0 radical (unpaired) electrons. The molecule has 2 N–H and O–H groups in total. The monoisotopic (exact) mass is 371 g/mol. The molecule has 0 atom stereocenters. The van der Waals surface area contributed by atoms with Gasteiger partial charge in [0.15, 0.2) is 0 Å². The molecule has 1 saturated carbocycles. The molecule has 0 aliphatic heterocycles. The van der Waals surface area contributed by atoms with Gasteiger partial charge < -0.3 is 10.3 Å². The highest BCUT2D eigenvalue weighted by atomic mass is 35.5. The van der Waals surface area contributed by atoms with Gasteiger partial charge in [-0.3, -0.25) is 4.79 Å². The zero-order valence-electron chi connectivity index (χ0n) is 14.2. The molecule has 1 aliphatic rings. The van der Waals surface area contributed by atoms with Gasteiger partial charge in [-0.2, -0.15) is 0 Å². The van der Waals surface area contributed by atoms with Crippen molar-refractivity contribution >= 4 is 28.5 Å². The summed E-state index contributed by atoms with van der Waals surface area (Å²) < 4.78 is 13.1. The van der Waals surface area contributed by atoms with Crippen molar-refractivity contribution in [2.75, 3.05) is 6.54 Å². The molecule has 4 rings (SSSR count). The number of carbonyl (C=O) groups excluding carboxylic acids is 1. The molecule has 26 heavy (non-hydrogen) atoms. The fraction of sp³-hybridized carbons (Fsp3) is 0.300. The summed E-state index contributed by atoms with van der Waals surface area (Å²) in [5, 5.41) is 3.69. The number of aromatic amines is 1. The van der Waals surface area contributed by atoms with Gasteiger partial charge in [0.05, 0.1) is 16.4 Å². The molecule has 1 heterocycles. The highest BCUT2D eigenvalue weighted by molar-refractivity contribution is 6.31. The van der Waals surface area contributed by atoms with Crippen LogP contribution in [0.2, 0.25) is 5.02 Å². The number of imidazole rings is 1. The fourth-order valence-electron chi connectivity index (χ4n) is 3.32. The third kappa shape index (κ3) is 3.31. The Hall–Kier alpha value is -2.40. The van der Waals surface area contributed by atoms with Gasteiger partial charge in [0, 0.05) is 18.0 Å². The normalized spacial score (nSPS) is 15.2. The van der Waals surface area contributed by atoms with Crippen molar-refractivity contribution in [2.24, 2.45) is 0 Å². The molecular formula is C20H19ClFN3O. The minimum atomic E-state index is -0.468. The van der Waals surface area contributed by atoms with E-state index in [0.717, 1.165) is 48.1 Å². The third-order valence-electron chi connectivity index (χ3n) is 4.95. The van der Waals surface area contributed by atoms with E-state index in [1.54, 1.807) is 12.1 Å². The van der Waals surface area contributed by atoms with Crippen LogP contribution in [0.5, 0.6) is 0 Å². The lowest BCUT2D eigenvalue weighted by Crippen LogP contribution is -2.35. The van der Waals surface area contributed by atoms with Crippen LogP contribution in [-0.2, 0) is 16.6 Å². The Labute approximate surface area is 155 Å². The smallest absolute Gasteiger partial charge is 0.230 e. The van der Waals surface area contributed by atoms with Crippen LogP contribution in [0.4, 0.5) is 4.39 Å². The number of aromatic nitrogens is 2. The Balaban J connectivity index is 1.31. The van der Waals surface area contributed by atoms with Gasteiger partial charge >= 0.3 is 0 Å². The van der Waals surface area contributed by atoms with Crippen molar-refractivity contribution in [3.05, 3.63) is 64.7 Å². The van der Waals surface area contributed by atoms with E-state index in [1.165, 1.54) is 12.1 Å². The van der Waals surface area contributed by atoms with E-state index in [4.69, 9.17) is 11.6 Å². The van der Waals surface area contributed by atoms with Crippen LogP contribution in [-0.4, -0.2) is 22.4 Å². The van der Waals surface area contributed by atoms with E-state index < -0.39 is 5.41 Å². The standard InChI is InChI=1S/C20H19ClFN3O/c21-14-5-8-16-17(12-14)25-18(24-16)2-1-11-23-19(26)20(9-10-20)13-3-6-15(22)7-4-13/h3-8,12H,1-2,9-11H2,(H,23,26)(H,24,25). The zero-order valence-corrected chi connectivity index (χ0v) is 14.9. The molecule has 6 heteroatoms. The van der Waals surface area contributed by atoms with Crippen molar-refractivity contribution in [1.82, 2.24) is 15.3 Å². The largest absolute Gasteiger partial charge is 0.355 e. The third-order valence-corrected chi connectivity index (χ3v) is 5.19. The second-order valence-electron chi connectivity index (χ2n) is 6.79. The number of hydrogen-bond donors (Lipinski definition) is 2. The number of hydrogen-bond acceptors (Lipinski definition) is 2. The van der Waals surface area contributed by atoms with E-state index >= 15 is 0 Å². The van der Waals surface area contributed by atoms with Crippen molar-refractivity contribution in [3.63, 3.8) is 0 Å². The van der Waals surface area contributed by atoms with Crippen LogP contribution in [0.25, 0.3) is 11.0 Å². The van der Waals surface area contributed by atoms with Gasteiger partial charge in [0.25, 0.3) is 0 Å². The minimum Gasteiger partial charge on any atom is -0.355 e. The molecule has 1 aromatic heterocycles. The highest BCUT2D eigenvalue weighted by Crippen LogP contribution is 2.48. The van der Waals surface area contributed by atoms with Crippen molar-refractivity contribution < 1.29 is 9.18 Å². The lowest BCUT2D eigenvalue weighted by Gasteiger charge is -2.15. The first-order valence-electron chi connectivity index (χ1n) is 8.75. The lowest BCUT2D eigenvalue weighted by atomic mass is 9.95. The number of fused-ring (bicyclic) bond motifs is 1. The van der Waals surface area contributed by atoms with E-state index in [2.05, 4.69) is 15.3 Å². The Bertz CT molecular complexity index is 947. The molecule has 2 aromatic carbocycles. The Morgan fingerprint density at radius 3 is 2.73 bits per heavy atom. The number of aryl methyl sites for hydroxylation is 1. The van der Waals surface area contributed by atoms with Crippen LogP contribution in [0, 0.1) is 5.82 Å². The molecule has 1 aliphatic carbocycles. The number of amides is 1. The second-order valence-corrected chi connectivity index (χ2v) is 7.23. The predicted molar refractivity (Wildman–Crippen MR) is 99.7 cm³/mol. The SMILES string of the molecule is O=C(NCCCc1nc2ccc(Cl)cc2[nH]1)C1(c2ccc(F)cc2)CC1. The summed E-state index contributed by atoms with van der Waals surface area (Å²) in [4.78, 5) is 20.3. The molecule has 3 aromatic rings. The predicted octanol–water partition coefficient (Wildman–Crippen LogP) is 4.14. The Morgan fingerprint density at radius 1 is 1.23 bits per heavy atom. The number of nitrogens with one attached hydrogen (secondary N) is 2. The van der Waals surface area contributed by atoms with E-state index in [9.17, 15) is 9.18 Å². The summed E-state index contributed by atoms with van der Waals surface area (Å²) >= 11 is 5.98. The maximum absolute atomic E-state index is 13.1. The maximum Gasteiger partial charge on any atom is 0.230 e. The summed E-state index contributed by atoms with van der Waals surface area (Å²) in [7, 11) is 0. The number of benzene rings is 2. The van der Waals surface area contributed by atoms with Gasteiger partial charge in [0.1, 0.15) is 11.6 Å². The topological polar surface area (TPSA) is 57.8 Å². The summed E-state index contributed by atoms with van der Waals surface area (Å²) in [6, 6.07) is 11.8. The van der Waals surface area contributed by atoms with Crippen LogP contribution >= 0.6 is 11.6 Å². The van der Waals surface area contributed by atoms with Gasteiger partial charge in [-0.25, -0.2) is 9.37 Å². The molecule has 0 unspecified atom stereocenters. The number of rotatable bonds is 6. The van der Waals surface area contributed by atoms with Crippen LogP contribution in [0.3, 0.4) is 0 Å². The van der Waals surface area contributed by atoms with Crippen LogP contribution in [0.15, 0.2) is 42.5 Å². The Kier molecular flexibility index (Phi) is 4.41. The first kappa shape index (κ1) is 17.0. The van der Waals surface area contributed by atoms with Gasteiger partial charge in [-0.05, 0) is 55.2 Å². The van der Waals surface area contributed by atoms with Crippen molar-refractivity contribution in [3.8, 4) is 0 Å². The van der Waals surface area contributed by atoms with Crippen LogP contribution in [0.1, 0.15) is 30.7 Å². The quantitative estimate of drug-likeness (QED) is 0.640. The number of halogens is 2.